The van der Waals surface area contributed by atoms with E-state index in [0.29, 0.717) is 28.2 Å². The van der Waals surface area contributed by atoms with E-state index < -0.39 is 17.9 Å². The van der Waals surface area contributed by atoms with Gasteiger partial charge < -0.3 is 24.9 Å². The first-order valence-corrected chi connectivity index (χ1v) is 9.38. The number of nitrogens with one attached hydrogen (secondary N) is 2. The number of aliphatic hydroxyl groups is 1. The Morgan fingerprint density at radius 2 is 1.70 bits per heavy atom. The molecule has 4 aromatic rings. The molecule has 2 amide bonds. The van der Waals surface area contributed by atoms with E-state index in [4.69, 9.17) is 9.15 Å². The maximum Gasteiger partial charge on any atom is 0.313 e. The average Bonchev–Trinajstić information content (AvgIpc) is 3.14. The molecule has 0 aliphatic heterocycles. The van der Waals surface area contributed by atoms with Crippen LogP contribution in [0.15, 0.2) is 71.1 Å². The van der Waals surface area contributed by atoms with Gasteiger partial charge in [-0.05, 0) is 17.7 Å². The van der Waals surface area contributed by atoms with E-state index in [2.05, 4.69) is 10.6 Å². The molecule has 7 heteroatoms. The summed E-state index contributed by atoms with van der Waals surface area (Å²) in [6.45, 7) is -0.0873. The minimum Gasteiger partial charge on any atom is -0.495 e. The number of aliphatic hydroxyl groups excluding tert-OH is 1. The van der Waals surface area contributed by atoms with E-state index in [1.165, 1.54) is 7.11 Å². The van der Waals surface area contributed by atoms with Crippen LogP contribution in [-0.2, 0) is 9.59 Å². The SMILES string of the molecule is COc1cc2c(cc1NC(=O)C(=O)NC[C@H](O)c1ccccc1)oc1ccccc12. The summed E-state index contributed by atoms with van der Waals surface area (Å²) < 4.78 is 11.2. The normalized spacial score (nSPS) is 11.9. The number of rotatable bonds is 5. The van der Waals surface area contributed by atoms with Crippen molar-refractivity contribution in [1.82, 2.24) is 5.32 Å². The Kier molecular flexibility index (Phi) is 5.36. The summed E-state index contributed by atoms with van der Waals surface area (Å²) >= 11 is 0. The van der Waals surface area contributed by atoms with Crippen molar-refractivity contribution < 1.29 is 23.8 Å². The third-order valence-corrected chi connectivity index (χ3v) is 4.79. The van der Waals surface area contributed by atoms with Gasteiger partial charge in [0.05, 0.1) is 18.9 Å². The molecule has 7 nitrogen and oxygen atoms in total. The molecule has 1 heterocycles. The Labute approximate surface area is 172 Å². The van der Waals surface area contributed by atoms with E-state index in [1.54, 1.807) is 36.4 Å². The lowest BCUT2D eigenvalue weighted by Crippen LogP contribution is -2.37. The van der Waals surface area contributed by atoms with E-state index in [1.807, 2.05) is 30.3 Å². The molecule has 152 valence electrons. The van der Waals surface area contributed by atoms with Crippen molar-refractivity contribution >= 4 is 39.4 Å². The number of carbonyl (C=O) groups excluding carboxylic acids is 2. The summed E-state index contributed by atoms with van der Waals surface area (Å²) in [6, 6.07) is 19.8. The van der Waals surface area contributed by atoms with Crippen LogP contribution in [0, 0.1) is 0 Å². The molecular formula is C23H20N2O5. The summed E-state index contributed by atoms with van der Waals surface area (Å²) in [7, 11) is 1.48. The number of para-hydroxylation sites is 1. The number of anilines is 1. The smallest absolute Gasteiger partial charge is 0.313 e. The standard InChI is InChI=1S/C23H20N2O5/c1-29-21-11-16-15-9-5-6-10-19(15)30-20(16)12-17(21)25-23(28)22(27)24-13-18(26)14-7-3-2-4-8-14/h2-12,18,26H,13H2,1H3,(H,24,27)(H,25,28)/t18-/m0/s1. The van der Waals surface area contributed by atoms with E-state index in [0.717, 1.165) is 10.8 Å². The predicted molar refractivity (Wildman–Crippen MR) is 113 cm³/mol. The van der Waals surface area contributed by atoms with Crippen molar-refractivity contribution in [2.75, 3.05) is 19.0 Å². The van der Waals surface area contributed by atoms with Gasteiger partial charge in [0.2, 0.25) is 0 Å². The Balaban J connectivity index is 1.49. The van der Waals surface area contributed by atoms with Crippen LogP contribution in [0.1, 0.15) is 11.7 Å². The van der Waals surface area contributed by atoms with Crippen molar-refractivity contribution in [1.29, 1.82) is 0 Å². The van der Waals surface area contributed by atoms with Gasteiger partial charge in [0.1, 0.15) is 16.9 Å². The monoisotopic (exact) mass is 404 g/mol. The fourth-order valence-corrected chi connectivity index (χ4v) is 3.26. The van der Waals surface area contributed by atoms with Gasteiger partial charge in [0.15, 0.2) is 0 Å². The molecule has 0 radical (unpaired) electrons. The molecule has 0 spiro atoms. The Morgan fingerprint density at radius 1 is 0.967 bits per heavy atom. The molecular weight excluding hydrogens is 384 g/mol. The second-order valence-electron chi connectivity index (χ2n) is 6.74. The fourth-order valence-electron chi connectivity index (χ4n) is 3.26. The molecule has 0 aliphatic rings. The van der Waals surface area contributed by atoms with Gasteiger partial charge in [-0.2, -0.15) is 0 Å². The zero-order chi connectivity index (χ0) is 21.1. The van der Waals surface area contributed by atoms with Crippen LogP contribution in [0.5, 0.6) is 5.75 Å². The highest BCUT2D eigenvalue weighted by Crippen LogP contribution is 2.36. The van der Waals surface area contributed by atoms with Crippen molar-refractivity contribution in [3.8, 4) is 5.75 Å². The van der Waals surface area contributed by atoms with E-state index in [9.17, 15) is 14.7 Å². The van der Waals surface area contributed by atoms with Gasteiger partial charge in [0, 0.05) is 23.4 Å². The number of amides is 2. The first kappa shape index (κ1) is 19.5. The molecule has 0 fully saturated rings. The van der Waals surface area contributed by atoms with Gasteiger partial charge in [-0.25, -0.2) is 0 Å². The molecule has 0 saturated heterocycles. The predicted octanol–water partition coefficient (Wildman–Crippen LogP) is 3.38. The largest absolute Gasteiger partial charge is 0.495 e. The van der Waals surface area contributed by atoms with Crippen molar-refractivity contribution in [2.45, 2.75) is 6.10 Å². The third-order valence-electron chi connectivity index (χ3n) is 4.79. The number of hydrogen-bond acceptors (Lipinski definition) is 5. The Hall–Kier alpha value is -3.84. The first-order chi connectivity index (χ1) is 14.6. The number of carbonyl (C=O) groups is 2. The molecule has 0 aliphatic carbocycles. The van der Waals surface area contributed by atoms with Crippen LogP contribution in [0.2, 0.25) is 0 Å². The first-order valence-electron chi connectivity index (χ1n) is 9.38. The molecule has 0 bridgehead atoms. The van der Waals surface area contributed by atoms with Crippen molar-refractivity contribution in [3.05, 3.63) is 72.3 Å². The lowest BCUT2D eigenvalue weighted by molar-refractivity contribution is -0.136. The summed E-state index contributed by atoms with van der Waals surface area (Å²) in [5.74, 6) is -1.33. The topological polar surface area (TPSA) is 101 Å². The molecule has 4 rings (SSSR count). The molecule has 0 saturated carbocycles. The number of methoxy groups -OCH3 is 1. The minimum atomic E-state index is -0.913. The highest BCUT2D eigenvalue weighted by molar-refractivity contribution is 6.39. The van der Waals surface area contributed by atoms with Crippen molar-refractivity contribution in [2.24, 2.45) is 0 Å². The molecule has 3 aromatic carbocycles. The van der Waals surface area contributed by atoms with Crippen LogP contribution in [-0.4, -0.2) is 30.6 Å². The Bertz CT molecular complexity index is 1220. The van der Waals surface area contributed by atoms with Crippen LogP contribution < -0.4 is 15.4 Å². The van der Waals surface area contributed by atoms with Gasteiger partial charge in [-0.3, -0.25) is 9.59 Å². The highest BCUT2D eigenvalue weighted by atomic mass is 16.5. The van der Waals surface area contributed by atoms with Gasteiger partial charge >= 0.3 is 11.8 Å². The third kappa shape index (κ3) is 3.83. The number of furan rings is 1. The molecule has 30 heavy (non-hydrogen) atoms. The lowest BCUT2D eigenvalue weighted by atomic mass is 10.1. The fraction of sp³-hybridized carbons (Fsp3) is 0.130. The quantitative estimate of drug-likeness (QED) is 0.443. The van der Waals surface area contributed by atoms with Crippen LogP contribution in [0.25, 0.3) is 21.9 Å². The second-order valence-corrected chi connectivity index (χ2v) is 6.74. The summed E-state index contributed by atoms with van der Waals surface area (Å²) in [6.07, 6.45) is -0.913. The highest BCUT2D eigenvalue weighted by Gasteiger charge is 2.19. The zero-order valence-corrected chi connectivity index (χ0v) is 16.2. The average molecular weight is 404 g/mol. The number of hydrogen-bond donors (Lipinski definition) is 3. The zero-order valence-electron chi connectivity index (χ0n) is 16.2. The van der Waals surface area contributed by atoms with Crippen LogP contribution in [0.3, 0.4) is 0 Å². The number of ether oxygens (including phenoxy) is 1. The summed E-state index contributed by atoms with van der Waals surface area (Å²) in [4.78, 5) is 24.5. The van der Waals surface area contributed by atoms with Crippen LogP contribution >= 0.6 is 0 Å². The van der Waals surface area contributed by atoms with Crippen LogP contribution in [0.4, 0.5) is 5.69 Å². The summed E-state index contributed by atoms with van der Waals surface area (Å²) in [5.41, 5.74) is 2.24. The molecule has 1 atom stereocenters. The maximum atomic E-state index is 12.3. The van der Waals surface area contributed by atoms with Gasteiger partial charge in [0.25, 0.3) is 0 Å². The summed E-state index contributed by atoms with van der Waals surface area (Å²) in [5, 5.41) is 16.9. The number of benzene rings is 3. The number of fused-ring (bicyclic) bond motifs is 3. The van der Waals surface area contributed by atoms with E-state index >= 15 is 0 Å². The lowest BCUT2D eigenvalue weighted by Gasteiger charge is -2.13. The Morgan fingerprint density at radius 3 is 2.47 bits per heavy atom. The van der Waals surface area contributed by atoms with Crippen molar-refractivity contribution in [3.63, 3.8) is 0 Å². The second kappa shape index (κ2) is 8.26. The van der Waals surface area contributed by atoms with Gasteiger partial charge in [-0.15, -0.1) is 0 Å². The minimum absolute atomic E-state index is 0.0873. The molecule has 3 N–H and O–H groups in total. The van der Waals surface area contributed by atoms with E-state index in [-0.39, 0.29) is 6.54 Å². The molecule has 0 unspecified atom stereocenters. The van der Waals surface area contributed by atoms with Gasteiger partial charge in [-0.1, -0.05) is 48.5 Å². The molecule has 1 aromatic heterocycles. The maximum absolute atomic E-state index is 12.3.